The fraction of sp³-hybridized carbons (Fsp3) is 0.294. The number of aromatic nitrogens is 1. The Labute approximate surface area is 142 Å². The third kappa shape index (κ3) is 2.64. The highest BCUT2D eigenvalue weighted by Crippen LogP contribution is 2.31. The van der Waals surface area contributed by atoms with Crippen molar-refractivity contribution in [2.45, 2.75) is 32.6 Å². The number of furan rings is 1. The van der Waals surface area contributed by atoms with Crippen LogP contribution in [0.5, 0.6) is 0 Å². The van der Waals surface area contributed by atoms with Crippen molar-refractivity contribution in [2.75, 3.05) is 5.32 Å². The van der Waals surface area contributed by atoms with Crippen molar-refractivity contribution in [3.05, 3.63) is 45.1 Å². The summed E-state index contributed by atoms with van der Waals surface area (Å²) in [6, 6.07) is 5.35. The maximum Gasteiger partial charge on any atom is 0.293 e. The Bertz CT molecular complexity index is 889. The number of hydrogen-bond acceptors (Lipinski definition) is 4. The molecular weight excluding hydrogens is 332 g/mol. The van der Waals surface area contributed by atoms with E-state index in [2.05, 4.69) is 10.3 Å². The van der Waals surface area contributed by atoms with Gasteiger partial charge in [-0.15, -0.1) is 11.3 Å². The third-order valence-corrected chi connectivity index (χ3v) is 5.48. The van der Waals surface area contributed by atoms with Crippen LogP contribution in [0.1, 0.15) is 39.5 Å². The van der Waals surface area contributed by atoms with E-state index in [0.717, 1.165) is 29.5 Å². The van der Waals surface area contributed by atoms with Gasteiger partial charge in [-0.2, -0.15) is 0 Å². The third-order valence-electron chi connectivity index (χ3n) is 4.17. The molecule has 1 amide bonds. The van der Waals surface area contributed by atoms with Crippen LogP contribution in [0.4, 0.5) is 5.13 Å². The second kappa shape index (κ2) is 5.65. The number of nitrogens with one attached hydrogen (secondary N) is 1. The second-order valence-corrected chi connectivity index (χ2v) is 7.27. The summed E-state index contributed by atoms with van der Waals surface area (Å²) in [6.07, 6.45) is 4.44. The number of amides is 1. The lowest BCUT2D eigenvalue weighted by Gasteiger charge is -2.06. The summed E-state index contributed by atoms with van der Waals surface area (Å²) in [5.74, 6) is 0.0522. The Morgan fingerprint density at radius 2 is 2.17 bits per heavy atom. The van der Waals surface area contributed by atoms with E-state index in [1.54, 1.807) is 23.5 Å². The normalized spacial score (nSPS) is 14.0. The van der Waals surface area contributed by atoms with Gasteiger partial charge in [-0.05, 0) is 50.8 Å². The number of nitrogens with zero attached hydrogens (tertiary/aromatic N) is 1. The largest absolute Gasteiger partial charge is 0.451 e. The second-order valence-electron chi connectivity index (χ2n) is 5.75. The molecule has 1 N–H and O–H groups in total. The van der Waals surface area contributed by atoms with Gasteiger partial charge in [0.2, 0.25) is 0 Å². The van der Waals surface area contributed by atoms with Crippen LogP contribution in [0, 0.1) is 6.92 Å². The Balaban J connectivity index is 1.64. The van der Waals surface area contributed by atoms with Crippen molar-refractivity contribution in [3.8, 4) is 0 Å². The summed E-state index contributed by atoms with van der Waals surface area (Å²) >= 11 is 7.58. The maximum absolute atomic E-state index is 12.5. The Morgan fingerprint density at radius 3 is 3.00 bits per heavy atom. The van der Waals surface area contributed by atoms with Gasteiger partial charge in [0.1, 0.15) is 5.58 Å². The van der Waals surface area contributed by atoms with Crippen molar-refractivity contribution in [2.24, 2.45) is 0 Å². The Morgan fingerprint density at radius 1 is 1.35 bits per heavy atom. The Kier molecular flexibility index (Phi) is 3.62. The van der Waals surface area contributed by atoms with E-state index < -0.39 is 0 Å². The minimum absolute atomic E-state index is 0.263. The highest BCUT2D eigenvalue weighted by Gasteiger charge is 2.21. The van der Waals surface area contributed by atoms with E-state index >= 15 is 0 Å². The highest BCUT2D eigenvalue weighted by atomic mass is 35.5. The highest BCUT2D eigenvalue weighted by molar-refractivity contribution is 7.15. The van der Waals surface area contributed by atoms with Crippen LogP contribution >= 0.6 is 22.9 Å². The smallest absolute Gasteiger partial charge is 0.293 e. The summed E-state index contributed by atoms with van der Waals surface area (Å²) in [4.78, 5) is 18.4. The molecule has 0 fully saturated rings. The van der Waals surface area contributed by atoms with Crippen molar-refractivity contribution in [3.63, 3.8) is 0 Å². The van der Waals surface area contributed by atoms with Gasteiger partial charge in [-0.3, -0.25) is 10.1 Å². The van der Waals surface area contributed by atoms with Gasteiger partial charge in [0.05, 0.1) is 5.69 Å². The molecule has 4 nitrogen and oxygen atoms in total. The standard InChI is InChI=1S/C17H15ClN2O2S/c1-9-11-8-10(18)6-7-13(11)22-15(9)16(21)20-17-19-12-4-2-3-5-14(12)23-17/h6-8H,2-5H2,1H3,(H,19,20,21). The van der Waals surface area contributed by atoms with Crippen LogP contribution in [0.3, 0.4) is 0 Å². The molecule has 2 aromatic heterocycles. The summed E-state index contributed by atoms with van der Waals surface area (Å²) in [6.45, 7) is 1.87. The van der Waals surface area contributed by atoms with E-state index in [9.17, 15) is 4.79 Å². The van der Waals surface area contributed by atoms with Crippen LogP contribution in [0.2, 0.25) is 5.02 Å². The molecule has 0 atom stereocenters. The molecule has 0 aliphatic heterocycles. The lowest BCUT2D eigenvalue weighted by Crippen LogP contribution is -2.12. The number of rotatable bonds is 2. The number of fused-ring (bicyclic) bond motifs is 2. The number of benzene rings is 1. The molecule has 0 spiro atoms. The van der Waals surface area contributed by atoms with Gasteiger partial charge in [0, 0.05) is 20.8 Å². The number of anilines is 1. The zero-order valence-corrected chi connectivity index (χ0v) is 14.2. The fourth-order valence-corrected chi connectivity index (χ4v) is 4.19. The van der Waals surface area contributed by atoms with Crippen LogP contribution in [-0.2, 0) is 12.8 Å². The molecule has 1 aliphatic carbocycles. The van der Waals surface area contributed by atoms with Crippen LogP contribution in [0.15, 0.2) is 22.6 Å². The van der Waals surface area contributed by atoms with E-state index in [4.69, 9.17) is 16.0 Å². The molecule has 1 aliphatic rings. The number of thiazole rings is 1. The summed E-state index contributed by atoms with van der Waals surface area (Å²) in [5.41, 5.74) is 2.58. The molecule has 2 heterocycles. The molecule has 6 heteroatoms. The number of carbonyl (C=O) groups excluding carboxylic acids is 1. The number of halogens is 1. The maximum atomic E-state index is 12.5. The van der Waals surface area contributed by atoms with Crippen LogP contribution < -0.4 is 5.32 Å². The van der Waals surface area contributed by atoms with E-state index in [-0.39, 0.29) is 5.91 Å². The quantitative estimate of drug-likeness (QED) is 0.711. The molecule has 0 radical (unpaired) electrons. The van der Waals surface area contributed by atoms with Crippen molar-refractivity contribution in [1.82, 2.24) is 4.98 Å². The molecule has 118 valence electrons. The van der Waals surface area contributed by atoms with Crippen LogP contribution in [-0.4, -0.2) is 10.9 Å². The monoisotopic (exact) mass is 346 g/mol. The van der Waals surface area contributed by atoms with Gasteiger partial charge in [-0.1, -0.05) is 11.6 Å². The first-order valence-corrected chi connectivity index (χ1v) is 8.80. The van der Waals surface area contributed by atoms with E-state index in [1.807, 2.05) is 13.0 Å². The van der Waals surface area contributed by atoms with Gasteiger partial charge in [-0.25, -0.2) is 4.98 Å². The predicted molar refractivity (Wildman–Crippen MR) is 92.7 cm³/mol. The molecule has 0 bridgehead atoms. The van der Waals surface area contributed by atoms with Gasteiger partial charge >= 0.3 is 0 Å². The first-order valence-electron chi connectivity index (χ1n) is 7.60. The number of aryl methyl sites for hydroxylation is 3. The fourth-order valence-electron chi connectivity index (χ4n) is 2.97. The topological polar surface area (TPSA) is 55.1 Å². The van der Waals surface area contributed by atoms with Gasteiger partial charge in [0.15, 0.2) is 10.9 Å². The Hall–Kier alpha value is -1.85. The first-order chi connectivity index (χ1) is 11.1. The molecule has 23 heavy (non-hydrogen) atoms. The lowest BCUT2D eigenvalue weighted by atomic mass is 10.0. The van der Waals surface area contributed by atoms with Crippen molar-refractivity contribution in [1.29, 1.82) is 0 Å². The molecule has 0 saturated heterocycles. The van der Waals surface area contributed by atoms with Gasteiger partial charge < -0.3 is 4.42 Å². The summed E-state index contributed by atoms with van der Waals surface area (Å²) in [5, 5.41) is 5.01. The minimum Gasteiger partial charge on any atom is -0.451 e. The predicted octanol–water partition coefficient (Wildman–Crippen LogP) is 4.98. The van der Waals surface area contributed by atoms with Crippen LogP contribution in [0.25, 0.3) is 11.0 Å². The van der Waals surface area contributed by atoms with E-state index in [0.29, 0.717) is 21.5 Å². The number of hydrogen-bond donors (Lipinski definition) is 1. The summed E-state index contributed by atoms with van der Waals surface area (Å²) in [7, 11) is 0. The van der Waals surface area contributed by atoms with Crippen molar-refractivity contribution < 1.29 is 9.21 Å². The summed E-state index contributed by atoms with van der Waals surface area (Å²) < 4.78 is 5.70. The average molecular weight is 347 g/mol. The first kappa shape index (κ1) is 14.7. The minimum atomic E-state index is -0.263. The van der Waals surface area contributed by atoms with E-state index in [1.165, 1.54) is 17.7 Å². The SMILES string of the molecule is Cc1c(C(=O)Nc2nc3c(s2)CCCC3)oc2ccc(Cl)cc12. The molecule has 1 aromatic carbocycles. The molecule has 0 unspecified atom stereocenters. The average Bonchev–Trinajstić information content (AvgIpc) is 3.08. The zero-order chi connectivity index (χ0) is 16.0. The molecule has 0 saturated carbocycles. The lowest BCUT2D eigenvalue weighted by molar-refractivity contribution is 0.0998. The van der Waals surface area contributed by atoms with Gasteiger partial charge in [0.25, 0.3) is 5.91 Å². The number of carbonyl (C=O) groups is 1. The molecular formula is C17H15ClN2O2S. The van der Waals surface area contributed by atoms with Crippen molar-refractivity contribution >= 4 is 44.9 Å². The molecule has 4 rings (SSSR count). The molecule has 3 aromatic rings. The zero-order valence-electron chi connectivity index (χ0n) is 12.6.